The summed E-state index contributed by atoms with van der Waals surface area (Å²) in [7, 11) is -4.92. The molecule has 1 atom stereocenters. The molecule has 0 amide bonds. The highest BCUT2D eigenvalue weighted by Gasteiger charge is 2.19. The van der Waals surface area contributed by atoms with Crippen LogP contribution in [-0.4, -0.2) is 37.8 Å². The Bertz CT molecular complexity index is 1270. The minimum absolute atomic E-state index is 0.212. The third-order valence-corrected chi connectivity index (χ3v) is 6.60. The van der Waals surface area contributed by atoms with E-state index in [9.17, 15) is 12.6 Å². The van der Waals surface area contributed by atoms with Gasteiger partial charge in [-0.3, -0.25) is 4.21 Å². The van der Waals surface area contributed by atoms with Crippen LogP contribution >= 0.6 is 0 Å². The molecule has 0 aliphatic carbocycles. The van der Waals surface area contributed by atoms with Gasteiger partial charge in [0.15, 0.2) is 5.65 Å². The third kappa shape index (κ3) is 3.46. The van der Waals surface area contributed by atoms with Crippen LogP contribution in [0.1, 0.15) is 11.1 Å². The van der Waals surface area contributed by atoms with Gasteiger partial charge in [-0.2, -0.15) is 0 Å². The Morgan fingerprint density at radius 2 is 1.64 bits per heavy atom. The molecule has 0 aliphatic heterocycles. The zero-order chi connectivity index (χ0) is 19.7. The van der Waals surface area contributed by atoms with Gasteiger partial charge in [-0.25, -0.2) is 27.3 Å². The summed E-state index contributed by atoms with van der Waals surface area (Å²) >= 11 is 0. The van der Waals surface area contributed by atoms with Crippen molar-refractivity contribution in [3.05, 3.63) is 78.4 Å². The van der Waals surface area contributed by atoms with E-state index in [1.54, 1.807) is 55.0 Å². The molecular formula is C19H16N4O3S2. The van der Waals surface area contributed by atoms with E-state index in [0.717, 1.165) is 16.5 Å². The molecule has 4 aromatic rings. The molecule has 0 saturated heterocycles. The Morgan fingerprint density at radius 3 is 2.32 bits per heavy atom. The number of hydrogen-bond donors (Lipinski definition) is 0. The van der Waals surface area contributed by atoms with Crippen LogP contribution in [0.4, 0.5) is 0 Å². The van der Waals surface area contributed by atoms with Gasteiger partial charge in [-0.1, -0.05) is 18.2 Å². The molecule has 0 fully saturated rings. The smallest absolute Gasteiger partial charge is 0.251 e. The molecule has 0 radical (unpaired) electrons. The summed E-state index contributed by atoms with van der Waals surface area (Å²) in [5, 5.41) is 1.02. The van der Waals surface area contributed by atoms with Crippen molar-refractivity contribution < 1.29 is 12.6 Å². The van der Waals surface area contributed by atoms with Crippen molar-refractivity contribution in [1.29, 1.82) is 0 Å². The van der Waals surface area contributed by atoms with Gasteiger partial charge in [0.2, 0.25) is 5.16 Å². The Kier molecular flexibility index (Phi) is 4.78. The summed E-state index contributed by atoms with van der Waals surface area (Å²) in [6.45, 7) is 0. The largest absolute Gasteiger partial charge is 0.269 e. The maximum Gasteiger partial charge on any atom is 0.269 e. The summed E-state index contributed by atoms with van der Waals surface area (Å²) in [6, 6.07) is 11.9. The monoisotopic (exact) mass is 412 g/mol. The van der Waals surface area contributed by atoms with E-state index >= 15 is 0 Å². The second-order valence-electron chi connectivity index (χ2n) is 6.19. The van der Waals surface area contributed by atoms with Gasteiger partial charge >= 0.3 is 0 Å². The van der Waals surface area contributed by atoms with Gasteiger partial charge in [0.25, 0.3) is 10.0 Å². The van der Waals surface area contributed by atoms with Gasteiger partial charge in [-0.05, 0) is 35.4 Å². The first kappa shape index (κ1) is 18.5. The molecule has 0 spiro atoms. The van der Waals surface area contributed by atoms with Crippen molar-refractivity contribution in [2.24, 2.45) is 0 Å². The lowest BCUT2D eigenvalue weighted by Gasteiger charge is -2.07. The standard InChI is InChI=1S/C19H16N4O3S2/c1-27(24)19-21-12-15(13-22-19)9-14-10-16-7-8-23(18(16)20-11-14)28(25,26)17-5-3-2-4-6-17/h2-8,10-13H,9H2,1H3. The van der Waals surface area contributed by atoms with Crippen molar-refractivity contribution in [2.45, 2.75) is 16.5 Å². The van der Waals surface area contributed by atoms with E-state index in [1.165, 1.54) is 16.4 Å². The van der Waals surface area contributed by atoms with Gasteiger partial charge in [0.1, 0.15) is 0 Å². The lowest BCUT2D eigenvalue weighted by molar-refractivity contribution is 0.588. The number of fused-ring (bicyclic) bond motifs is 1. The van der Waals surface area contributed by atoms with Crippen molar-refractivity contribution in [3.8, 4) is 0 Å². The summed E-state index contributed by atoms with van der Waals surface area (Å²) in [5.74, 6) is 0. The van der Waals surface area contributed by atoms with Crippen LogP contribution in [0.15, 0.2) is 77.3 Å². The van der Waals surface area contributed by atoms with Crippen LogP contribution in [-0.2, 0) is 27.2 Å². The lowest BCUT2D eigenvalue weighted by atomic mass is 10.1. The third-order valence-electron chi connectivity index (χ3n) is 4.20. The van der Waals surface area contributed by atoms with Crippen LogP contribution in [0.25, 0.3) is 11.0 Å². The van der Waals surface area contributed by atoms with Crippen LogP contribution in [0.3, 0.4) is 0 Å². The SMILES string of the molecule is CS(=O)c1ncc(Cc2cnc3c(ccn3S(=O)(=O)c3ccccc3)c2)cn1. The Hall–Kier alpha value is -2.91. The number of pyridine rings is 1. The van der Waals surface area contributed by atoms with Gasteiger partial charge in [-0.15, -0.1) is 0 Å². The van der Waals surface area contributed by atoms with E-state index in [4.69, 9.17) is 0 Å². The molecule has 0 saturated carbocycles. The second-order valence-corrected chi connectivity index (χ2v) is 9.28. The molecule has 4 rings (SSSR count). The van der Waals surface area contributed by atoms with Crippen LogP contribution in [0.2, 0.25) is 0 Å². The first-order chi connectivity index (χ1) is 13.4. The predicted octanol–water partition coefficient (Wildman–Crippen LogP) is 2.39. The fraction of sp³-hybridized carbons (Fsp3) is 0.105. The molecule has 0 aliphatic rings. The van der Waals surface area contributed by atoms with Crippen molar-refractivity contribution in [3.63, 3.8) is 0 Å². The van der Waals surface area contributed by atoms with Crippen molar-refractivity contribution >= 4 is 31.9 Å². The second kappa shape index (κ2) is 7.25. The maximum absolute atomic E-state index is 12.9. The van der Waals surface area contributed by atoms with E-state index in [2.05, 4.69) is 15.0 Å². The quantitative estimate of drug-likeness (QED) is 0.467. The zero-order valence-corrected chi connectivity index (χ0v) is 16.5. The summed E-state index contributed by atoms with van der Waals surface area (Å²) in [4.78, 5) is 12.8. The number of rotatable bonds is 5. The molecule has 3 aromatic heterocycles. The average Bonchev–Trinajstić information content (AvgIpc) is 3.13. The maximum atomic E-state index is 12.9. The molecule has 0 N–H and O–H groups in total. The molecule has 1 unspecified atom stereocenters. The normalized spacial score (nSPS) is 12.9. The molecule has 7 nitrogen and oxygen atoms in total. The van der Waals surface area contributed by atoms with Gasteiger partial charge in [0.05, 0.1) is 15.7 Å². The highest BCUT2D eigenvalue weighted by molar-refractivity contribution is 7.90. The molecular weight excluding hydrogens is 396 g/mol. The fourth-order valence-corrected chi connectivity index (χ4v) is 4.59. The zero-order valence-electron chi connectivity index (χ0n) is 14.9. The van der Waals surface area contributed by atoms with E-state index in [0.29, 0.717) is 17.2 Å². The number of nitrogens with zero attached hydrogens (tertiary/aromatic N) is 4. The van der Waals surface area contributed by atoms with E-state index in [1.807, 2.05) is 6.07 Å². The summed E-state index contributed by atoms with van der Waals surface area (Å²) < 4.78 is 38.3. The Balaban J connectivity index is 1.66. The van der Waals surface area contributed by atoms with E-state index < -0.39 is 20.8 Å². The predicted molar refractivity (Wildman–Crippen MR) is 106 cm³/mol. The first-order valence-corrected chi connectivity index (χ1v) is 11.4. The molecule has 3 heterocycles. The highest BCUT2D eigenvalue weighted by Crippen LogP contribution is 2.22. The topological polar surface area (TPSA) is 94.8 Å². The van der Waals surface area contributed by atoms with Gasteiger partial charge in [0, 0.05) is 42.9 Å². The van der Waals surface area contributed by atoms with Crippen molar-refractivity contribution in [1.82, 2.24) is 18.9 Å². The van der Waals surface area contributed by atoms with Crippen molar-refractivity contribution in [2.75, 3.05) is 6.26 Å². The average molecular weight is 412 g/mol. The minimum Gasteiger partial charge on any atom is -0.251 e. The Labute approximate surface area is 164 Å². The number of benzene rings is 1. The van der Waals surface area contributed by atoms with Gasteiger partial charge < -0.3 is 0 Å². The molecule has 1 aromatic carbocycles. The van der Waals surface area contributed by atoms with Crippen LogP contribution in [0.5, 0.6) is 0 Å². The molecule has 9 heteroatoms. The summed E-state index contributed by atoms with van der Waals surface area (Å²) in [6.07, 6.45) is 8.50. The molecule has 28 heavy (non-hydrogen) atoms. The van der Waals surface area contributed by atoms with E-state index in [-0.39, 0.29) is 4.90 Å². The summed E-state index contributed by atoms with van der Waals surface area (Å²) in [5.41, 5.74) is 2.13. The fourth-order valence-electron chi connectivity index (χ4n) is 2.86. The lowest BCUT2D eigenvalue weighted by Crippen LogP contribution is -2.12. The van der Waals surface area contributed by atoms with Crippen LogP contribution < -0.4 is 0 Å². The first-order valence-electron chi connectivity index (χ1n) is 8.36. The highest BCUT2D eigenvalue weighted by atomic mass is 32.2. The number of aromatic nitrogens is 4. The number of hydrogen-bond acceptors (Lipinski definition) is 6. The van der Waals surface area contributed by atoms with Crippen LogP contribution in [0, 0.1) is 0 Å². The Morgan fingerprint density at radius 1 is 0.964 bits per heavy atom. The molecule has 142 valence electrons. The minimum atomic E-state index is -3.70. The molecule has 0 bridgehead atoms.